The number of aromatic nitrogens is 1. The third kappa shape index (κ3) is 3.04. The maximum absolute atomic E-state index is 5.82. The molecule has 0 amide bonds. The van der Waals surface area contributed by atoms with E-state index in [2.05, 4.69) is 27.0 Å². The average molecular weight is 359 g/mol. The van der Waals surface area contributed by atoms with Crippen LogP contribution in [-0.2, 0) is 0 Å². The Kier molecular flexibility index (Phi) is 3.86. The highest BCUT2D eigenvalue weighted by Gasteiger charge is 2.08. The minimum Gasteiger partial charge on any atom is -0.438 e. The summed E-state index contributed by atoms with van der Waals surface area (Å²) in [6, 6.07) is 15.5. The van der Waals surface area contributed by atoms with E-state index in [1.807, 2.05) is 30.3 Å². The van der Waals surface area contributed by atoms with Gasteiger partial charge in [0.15, 0.2) is 0 Å². The monoisotopic (exact) mass is 358 g/mol. The quantitative estimate of drug-likeness (QED) is 0.703. The molecule has 2 aromatic carbocycles. The number of ether oxygens (including phenoxy) is 1. The van der Waals surface area contributed by atoms with Crippen LogP contribution in [0.1, 0.15) is 5.56 Å². The first kappa shape index (κ1) is 14.0. The standard InChI is InChI=1S/C16H11BrN2OS/c17-12-5-3-11-9-13(6-4-10(11)8-12)20-16-14(15(18)21)2-1-7-19-16/h1-9H,(H2,18,21). The summed E-state index contributed by atoms with van der Waals surface area (Å²) in [6.07, 6.45) is 1.65. The van der Waals surface area contributed by atoms with Gasteiger partial charge in [-0.25, -0.2) is 4.98 Å². The summed E-state index contributed by atoms with van der Waals surface area (Å²) in [7, 11) is 0. The number of nitrogens with zero attached hydrogens (tertiary/aromatic N) is 1. The first-order valence-corrected chi connectivity index (χ1v) is 7.45. The van der Waals surface area contributed by atoms with E-state index in [1.54, 1.807) is 18.3 Å². The largest absolute Gasteiger partial charge is 0.438 e. The van der Waals surface area contributed by atoms with Crippen LogP contribution in [0.15, 0.2) is 59.2 Å². The van der Waals surface area contributed by atoms with Gasteiger partial charge in [-0.1, -0.05) is 40.3 Å². The van der Waals surface area contributed by atoms with Gasteiger partial charge in [-0.15, -0.1) is 0 Å². The van der Waals surface area contributed by atoms with Crippen LogP contribution in [0.4, 0.5) is 0 Å². The second-order valence-corrected chi connectivity index (χ2v) is 5.83. The Morgan fingerprint density at radius 1 is 1.10 bits per heavy atom. The summed E-state index contributed by atoms with van der Waals surface area (Å²) >= 11 is 8.47. The van der Waals surface area contributed by atoms with Crippen molar-refractivity contribution >= 4 is 43.9 Å². The number of hydrogen-bond acceptors (Lipinski definition) is 3. The molecule has 0 bridgehead atoms. The van der Waals surface area contributed by atoms with Crippen molar-refractivity contribution in [3.05, 3.63) is 64.8 Å². The molecule has 21 heavy (non-hydrogen) atoms. The average Bonchev–Trinajstić information content (AvgIpc) is 2.48. The molecular weight excluding hydrogens is 348 g/mol. The highest BCUT2D eigenvalue weighted by Crippen LogP contribution is 2.28. The number of nitrogens with two attached hydrogens (primary N) is 1. The Bertz CT molecular complexity index is 835. The Morgan fingerprint density at radius 2 is 1.86 bits per heavy atom. The van der Waals surface area contributed by atoms with Gasteiger partial charge in [-0.2, -0.15) is 0 Å². The predicted molar refractivity (Wildman–Crippen MR) is 91.8 cm³/mol. The van der Waals surface area contributed by atoms with E-state index in [1.165, 1.54) is 0 Å². The minimum absolute atomic E-state index is 0.266. The van der Waals surface area contributed by atoms with Gasteiger partial charge in [0, 0.05) is 10.7 Å². The van der Waals surface area contributed by atoms with E-state index in [9.17, 15) is 0 Å². The van der Waals surface area contributed by atoms with Crippen molar-refractivity contribution in [1.29, 1.82) is 0 Å². The van der Waals surface area contributed by atoms with Crippen molar-refractivity contribution in [1.82, 2.24) is 4.98 Å². The number of pyridine rings is 1. The number of hydrogen-bond donors (Lipinski definition) is 1. The number of rotatable bonds is 3. The zero-order chi connectivity index (χ0) is 14.8. The molecule has 0 radical (unpaired) electrons. The SMILES string of the molecule is NC(=S)c1cccnc1Oc1ccc2cc(Br)ccc2c1. The summed E-state index contributed by atoms with van der Waals surface area (Å²) in [4.78, 5) is 4.46. The van der Waals surface area contributed by atoms with Gasteiger partial charge < -0.3 is 10.5 Å². The number of fused-ring (bicyclic) bond motifs is 1. The first-order valence-electron chi connectivity index (χ1n) is 6.25. The van der Waals surface area contributed by atoms with Crippen LogP contribution in [0.2, 0.25) is 0 Å². The summed E-state index contributed by atoms with van der Waals surface area (Å²) < 4.78 is 6.86. The maximum Gasteiger partial charge on any atom is 0.229 e. The van der Waals surface area contributed by atoms with E-state index in [0.717, 1.165) is 15.2 Å². The van der Waals surface area contributed by atoms with Crippen molar-refractivity contribution in [2.75, 3.05) is 0 Å². The third-order valence-corrected chi connectivity index (χ3v) is 3.74. The molecule has 0 saturated carbocycles. The van der Waals surface area contributed by atoms with E-state index >= 15 is 0 Å². The summed E-state index contributed by atoms with van der Waals surface area (Å²) in [5.74, 6) is 1.11. The smallest absolute Gasteiger partial charge is 0.229 e. The molecule has 1 heterocycles. The normalized spacial score (nSPS) is 10.5. The molecule has 3 rings (SSSR count). The second-order valence-electron chi connectivity index (χ2n) is 4.48. The zero-order valence-corrected chi connectivity index (χ0v) is 13.3. The van der Waals surface area contributed by atoms with Gasteiger partial charge in [-0.05, 0) is 47.2 Å². The van der Waals surface area contributed by atoms with Crippen LogP contribution < -0.4 is 10.5 Å². The fourth-order valence-electron chi connectivity index (χ4n) is 2.03. The first-order chi connectivity index (χ1) is 10.1. The lowest BCUT2D eigenvalue weighted by atomic mass is 10.1. The molecule has 0 unspecified atom stereocenters. The Balaban J connectivity index is 1.99. The maximum atomic E-state index is 5.82. The molecule has 2 N–H and O–H groups in total. The molecule has 3 nitrogen and oxygen atoms in total. The number of benzene rings is 2. The van der Waals surface area contributed by atoms with Crippen LogP contribution in [0.25, 0.3) is 10.8 Å². The highest BCUT2D eigenvalue weighted by molar-refractivity contribution is 9.10. The van der Waals surface area contributed by atoms with Crippen molar-refractivity contribution in [2.24, 2.45) is 5.73 Å². The second kappa shape index (κ2) is 5.79. The van der Waals surface area contributed by atoms with Crippen molar-refractivity contribution in [3.63, 3.8) is 0 Å². The molecule has 0 saturated heterocycles. The summed E-state index contributed by atoms with van der Waals surface area (Å²) in [5, 5.41) is 2.22. The van der Waals surface area contributed by atoms with Gasteiger partial charge in [0.2, 0.25) is 5.88 Å². The van der Waals surface area contributed by atoms with Gasteiger partial charge in [0.25, 0.3) is 0 Å². The van der Waals surface area contributed by atoms with Crippen LogP contribution in [-0.4, -0.2) is 9.97 Å². The Morgan fingerprint density at radius 3 is 2.67 bits per heavy atom. The van der Waals surface area contributed by atoms with Crippen LogP contribution in [0.3, 0.4) is 0 Å². The van der Waals surface area contributed by atoms with Crippen molar-refractivity contribution in [2.45, 2.75) is 0 Å². The Labute approximate surface area is 135 Å². The lowest BCUT2D eigenvalue weighted by Gasteiger charge is -2.09. The van der Waals surface area contributed by atoms with E-state index in [4.69, 9.17) is 22.7 Å². The Hall–Kier alpha value is -1.98. The molecule has 5 heteroatoms. The fraction of sp³-hybridized carbons (Fsp3) is 0. The van der Waals surface area contributed by atoms with E-state index < -0.39 is 0 Å². The predicted octanol–water partition coefficient (Wildman–Crippen LogP) is 4.42. The molecular formula is C16H11BrN2OS. The number of thiocarbonyl (C=S) groups is 1. The molecule has 0 aliphatic carbocycles. The zero-order valence-electron chi connectivity index (χ0n) is 10.9. The lowest BCUT2D eigenvalue weighted by Crippen LogP contribution is -2.11. The molecule has 0 spiro atoms. The van der Waals surface area contributed by atoms with Gasteiger partial charge in [-0.3, -0.25) is 0 Å². The van der Waals surface area contributed by atoms with E-state index in [-0.39, 0.29) is 4.99 Å². The molecule has 104 valence electrons. The molecule has 0 aliphatic heterocycles. The van der Waals surface area contributed by atoms with Crippen molar-refractivity contribution in [3.8, 4) is 11.6 Å². The van der Waals surface area contributed by atoms with Crippen LogP contribution >= 0.6 is 28.1 Å². The van der Waals surface area contributed by atoms with Crippen molar-refractivity contribution < 1.29 is 4.74 Å². The molecule has 0 aliphatic rings. The molecule has 1 aromatic heterocycles. The van der Waals surface area contributed by atoms with Gasteiger partial charge in [0.1, 0.15) is 10.7 Å². The third-order valence-electron chi connectivity index (χ3n) is 3.02. The van der Waals surface area contributed by atoms with Gasteiger partial charge in [0.05, 0.1) is 5.56 Å². The van der Waals surface area contributed by atoms with E-state index in [0.29, 0.717) is 17.2 Å². The molecule has 0 fully saturated rings. The summed E-state index contributed by atoms with van der Waals surface area (Å²) in [6.45, 7) is 0. The van der Waals surface area contributed by atoms with Crippen LogP contribution in [0.5, 0.6) is 11.6 Å². The summed E-state index contributed by atoms with van der Waals surface area (Å²) in [5.41, 5.74) is 6.31. The molecule has 0 atom stereocenters. The fourth-order valence-corrected chi connectivity index (χ4v) is 2.56. The topological polar surface area (TPSA) is 48.1 Å². The lowest BCUT2D eigenvalue weighted by molar-refractivity contribution is 0.462. The molecule has 3 aromatic rings. The minimum atomic E-state index is 0.266. The van der Waals surface area contributed by atoms with Gasteiger partial charge >= 0.3 is 0 Å². The highest BCUT2D eigenvalue weighted by atomic mass is 79.9. The number of halogens is 1. The van der Waals surface area contributed by atoms with Crippen LogP contribution in [0, 0.1) is 0 Å².